The van der Waals surface area contributed by atoms with Crippen LogP contribution in [0.4, 0.5) is 0 Å². The Morgan fingerprint density at radius 1 is 0.812 bits per heavy atom. The molecule has 0 bridgehead atoms. The minimum Gasteiger partial charge on any atom is -0.0990 e. The molecule has 0 heterocycles. The van der Waals surface area contributed by atoms with E-state index >= 15 is 0 Å². The first-order valence-electron chi connectivity index (χ1n) is 5.62. The summed E-state index contributed by atoms with van der Waals surface area (Å²) in [5.41, 5.74) is 5.19. The summed E-state index contributed by atoms with van der Waals surface area (Å²) < 4.78 is 0. The van der Waals surface area contributed by atoms with Crippen LogP contribution >= 0.6 is 0 Å². The van der Waals surface area contributed by atoms with E-state index in [2.05, 4.69) is 49.6 Å². The highest BCUT2D eigenvalue weighted by molar-refractivity contribution is 5.77. The van der Waals surface area contributed by atoms with Crippen molar-refractivity contribution in [3.05, 3.63) is 84.1 Å². The van der Waals surface area contributed by atoms with Gasteiger partial charge in [0.15, 0.2) is 0 Å². The third-order valence-electron chi connectivity index (χ3n) is 2.80. The van der Waals surface area contributed by atoms with Crippen LogP contribution in [0.5, 0.6) is 0 Å². The van der Waals surface area contributed by atoms with Gasteiger partial charge in [-0.1, -0.05) is 61.8 Å². The van der Waals surface area contributed by atoms with Gasteiger partial charge in [0.25, 0.3) is 0 Å². The van der Waals surface area contributed by atoms with Gasteiger partial charge in [-0.25, -0.2) is 0 Å². The Morgan fingerprint density at radius 2 is 1.25 bits per heavy atom. The maximum Gasteiger partial charge on any atom is -0.00993 e. The third-order valence-corrected chi connectivity index (χ3v) is 2.80. The highest BCUT2D eigenvalue weighted by Gasteiger charge is 2.24. The molecule has 0 spiro atoms. The van der Waals surface area contributed by atoms with Crippen LogP contribution in [0.25, 0.3) is 0 Å². The molecule has 0 aromatic rings. The summed E-state index contributed by atoms with van der Waals surface area (Å²) >= 11 is 0. The summed E-state index contributed by atoms with van der Waals surface area (Å²) in [6, 6.07) is 0. The van der Waals surface area contributed by atoms with E-state index in [4.69, 9.17) is 0 Å². The van der Waals surface area contributed by atoms with Gasteiger partial charge in [0.05, 0.1) is 0 Å². The Balaban J connectivity index is 2.51. The van der Waals surface area contributed by atoms with Gasteiger partial charge < -0.3 is 0 Å². The number of hydrogen-bond donors (Lipinski definition) is 0. The van der Waals surface area contributed by atoms with Gasteiger partial charge in [0.2, 0.25) is 0 Å². The molecule has 0 saturated heterocycles. The van der Waals surface area contributed by atoms with E-state index in [9.17, 15) is 0 Å². The van der Waals surface area contributed by atoms with Crippen molar-refractivity contribution in [1.29, 1.82) is 0 Å². The maximum absolute atomic E-state index is 3.76. The van der Waals surface area contributed by atoms with E-state index in [1.54, 1.807) is 0 Å². The van der Waals surface area contributed by atoms with E-state index in [1.165, 1.54) is 22.3 Å². The molecule has 16 heavy (non-hydrogen) atoms. The van der Waals surface area contributed by atoms with Crippen molar-refractivity contribution in [2.75, 3.05) is 0 Å². The van der Waals surface area contributed by atoms with Crippen LogP contribution in [0, 0.1) is 0 Å². The summed E-state index contributed by atoms with van der Waals surface area (Å²) in [7, 11) is 0. The Morgan fingerprint density at radius 3 is 1.62 bits per heavy atom. The fraction of sp³-hybridized carbons (Fsp3) is 0.125. The average molecular weight is 208 g/mol. The molecule has 2 aliphatic carbocycles. The van der Waals surface area contributed by atoms with Crippen LogP contribution in [0.3, 0.4) is 0 Å². The lowest BCUT2D eigenvalue weighted by atomic mass is 9.76. The van der Waals surface area contributed by atoms with Crippen LogP contribution in [0.15, 0.2) is 84.1 Å². The van der Waals surface area contributed by atoms with Crippen LogP contribution in [-0.2, 0) is 0 Å². The second kappa shape index (κ2) is 4.80. The molecule has 2 rings (SSSR count). The molecule has 0 aromatic carbocycles. The first kappa shape index (κ1) is 10.7. The quantitative estimate of drug-likeness (QED) is 0.630. The zero-order chi connectivity index (χ0) is 11.4. The largest absolute Gasteiger partial charge is 0.0990 e. The summed E-state index contributed by atoms with van der Waals surface area (Å²) in [5, 5.41) is 0. The third kappa shape index (κ3) is 1.79. The predicted molar refractivity (Wildman–Crippen MR) is 71.1 cm³/mol. The fourth-order valence-electron chi connectivity index (χ4n) is 2.07. The molecular weight excluding hydrogens is 192 g/mol. The first-order chi connectivity index (χ1) is 7.88. The summed E-state index contributed by atoms with van der Waals surface area (Å²) in [4.78, 5) is 0. The summed E-state index contributed by atoms with van der Waals surface area (Å²) in [6.07, 6.45) is 19.0. The van der Waals surface area contributed by atoms with E-state index < -0.39 is 0 Å². The summed E-state index contributed by atoms with van der Waals surface area (Å²) in [5.74, 6) is 0. The van der Waals surface area contributed by atoms with Gasteiger partial charge in [-0.15, -0.1) is 0 Å². The highest BCUT2D eigenvalue weighted by Crippen LogP contribution is 2.42. The number of hydrogen-bond acceptors (Lipinski definition) is 0. The van der Waals surface area contributed by atoms with Gasteiger partial charge >= 0.3 is 0 Å². The molecule has 0 fully saturated rings. The van der Waals surface area contributed by atoms with Crippen molar-refractivity contribution in [2.45, 2.75) is 12.8 Å². The van der Waals surface area contributed by atoms with Crippen LogP contribution in [0.1, 0.15) is 12.8 Å². The molecule has 80 valence electrons. The van der Waals surface area contributed by atoms with Crippen molar-refractivity contribution >= 4 is 0 Å². The van der Waals surface area contributed by atoms with E-state index in [0.29, 0.717) is 0 Å². The number of rotatable bonds is 2. The van der Waals surface area contributed by atoms with Crippen LogP contribution in [0.2, 0.25) is 0 Å². The van der Waals surface area contributed by atoms with Gasteiger partial charge in [0, 0.05) is 0 Å². The molecule has 0 saturated carbocycles. The molecule has 0 nitrogen and oxygen atoms in total. The van der Waals surface area contributed by atoms with E-state index in [1.807, 2.05) is 12.2 Å². The Hall–Kier alpha value is -1.82. The van der Waals surface area contributed by atoms with Crippen LogP contribution < -0.4 is 0 Å². The highest BCUT2D eigenvalue weighted by atomic mass is 14.3. The van der Waals surface area contributed by atoms with Gasteiger partial charge in [0.1, 0.15) is 0 Å². The molecule has 0 N–H and O–H groups in total. The molecule has 0 atom stereocenters. The van der Waals surface area contributed by atoms with Gasteiger partial charge in [-0.2, -0.15) is 0 Å². The average Bonchev–Trinajstić information content (AvgIpc) is 2.26. The standard InChI is InChI=1S/C16H16/c1-3-9-13-14(10-4-2)16-12-8-6-5-7-11-15(13)16/h3-4,7-12H,1-2,5-6H2. The Bertz CT molecular complexity index is 418. The van der Waals surface area contributed by atoms with Crippen molar-refractivity contribution < 1.29 is 0 Å². The molecule has 0 aliphatic heterocycles. The molecule has 0 radical (unpaired) electrons. The van der Waals surface area contributed by atoms with E-state index in [0.717, 1.165) is 12.8 Å². The van der Waals surface area contributed by atoms with E-state index in [-0.39, 0.29) is 0 Å². The summed E-state index contributed by atoms with van der Waals surface area (Å²) in [6.45, 7) is 7.53. The Labute approximate surface area is 97.4 Å². The van der Waals surface area contributed by atoms with Gasteiger partial charge in [-0.05, 0) is 35.1 Å². The molecule has 0 heteroatoms. The minimum atomic E-state index is 1.12. The lowest BCUT2D eigenvalue weighted by Gasteiger charge is -2.28. The molecule has 0 amide bonds. The van der Waals surface area contributed by atoms with Crippen molar-refractivity contribution in [3.8, 4) is 0 Å². The lowest BCUT2D eigenvalue weighted by molar-refractivity contribution is 1.03. The Kier molecular flexibility index (Phi) is 3.21. The second-order valence-electron chi connectivity index (χ2n) is 3.84. The second-order valence-corrected chi connectivity index (χ2v) is 3.84. The van der Waals surface area contributed by atoms with Crippen molar-refractivity contribution in [3.63, 3.8) is 0 Å². The molecule has 0 unspecified atom stereocenters. The fourth-order valence-corrected chi connectivity index (χ4v) is 2.07. The smallest absolute Gasteiger partial charge is 0.00993 e. The normalized spacial score (nSPS) is 23.8. The topological polar surface area (TPSA) is 0 Å². The van der Waals surface area contributed by atoms with Crippen LogP contribution in [-0.4, -0.2) is 0 Å². The molecule has 2 aliphatic rings. The van der Waals surface area contributed by atoms with Crippen molar-refractivity contribution in [2.24, 2.45) is 0 Å². The number of allylic oxidation sites excluding steroid dienone is 12. The zero-order valence-electron chi connectivity index (χ0n) is 9.45. The minimum absolute atomic E-state index is 1.12. The van der Waals surface area contributed by atoms with Gasteiger partial charge in [-0.3, -0.25) is 0 Å². The first-order valence-corrected chi connectivity index (χ1v) is 5.62. The monoisotopic (exact) mass is 208 g/mol. The predicted octanol–water partition coefficient (Wildman–Crippen LogP) is 4.43. The molecular formula is C16H16. The lowest BCUT2D eigenvalue weighted by Crippen LogP contribution is -2.10. The molecule has 0 aromatic heterocycles. The van der Waals surface area contributed by atoms with Crippen molar-refractivity contribution in [1.82, 2.24) is 0 Å². The maximum atomic E-state index is 3.76. The SMILES string of the molecule is C=CC=C1C(=CC=C)C2=C1C=CCCC=C2. The zero-order valence-corrected chi connectivity index (χ0v) is 9.45.